The molecule has 7 nitrogen and oxygen atoms in total. The second-order valence-electron chi connectivity index (χ2n) is 7.44. The summed E-state index contributed by atoms with van der Waals surface area (Å²) in [6, 6.07) is 4.91. The van der Waals surface area contributed by atoms with E-state index in [9.17, 15) is 13.2 Å². The number of carbonyl (C=O) groups excluding carboxylic acids is 1. The number of ether oxygens (including phenoxy) is 2. The number of amides is 1. The molecule has 2 aliphatic rings. The number of hydrogen-bond acceptors (Lipinski definition) is 5. The molecule has 1 amide bonds. The number of carbonyl (C=O) groups is 1. The fraction of sp³-hybridized carbons (Fsp3) is 0.650. The van der Waals surface area contributed by atoms with E-state index in [4.69, 9.17) is 9.47 Å². The fourth-order valence-electron chi connectivity index (χ4n) is 3.79. The number of aryl methyl sites for hydroxylation is 1. The third-order valence-electron chi connectivity index (χ3n) is 5.37. The van der Waals surface area contributed by atoms with Gasteiger partial charge in [-0.15, -0.1) is 0 Å². The van der Waals surface area contributed by atoms with E-state index < -0.39 is 10.0 Å². The lowest BCUT2D eigenvalue weighted by Gasteiger charge is -2.31. The van der Waals surface area contributed by atoms with E-state index in [0.29, 0.717) is 38.3 Å². The summed E-state index contributed by atoms with van der Waals surface area (Å²) in [4.78, 5) is 12.8. The van der Waals surface area contributed by atoms with Gasteiger partial charge in [0.2, 0.25) is 15.9 Å². The Bertz CT molecular complexity index is 790. The van der Waals surface area contributed by atoms with Crippen molar-refractivity contribution >= 4 is 15.9 Å². The fourth-order valence-corrected chi connectivity index (χ4v) is 5.40. The van der Waals surface area contributed by atoms with Crippen molar-refractivity contribution in [2.75, 3.05) is 32.8 Å². The van der Waals surface area contributed by atoms with E-state index in [1.807, 2.05) is 13.8 Å². The zero-order valence-electron chi connectivity index (χ0n) is 16.6. The van der Waals surface area contributed by atoms with Crippen LogP contribution in [0.4, 0.5) is 0 Å². The van der Waals surface area contributed by atoms with Gasteiger partial charge in [0.25, 0.3) is 0 Å². The lowest BCUT2D eigenvalue weighted by molar-refractivity contribution is -0.126. The molecule has 8 heteroatoms. The Morgan fingerprint density at radius 2 is 2.14 bits per heavy atom. The Kier molecular flexibility index (Phi) is 6.95. The van der Waals surface area contributed by atoms with Crippen LogP contribution in [0.5, 0.6) is 5.75 Å². The van der Waals surface area contributed by atoms with Gasteiger partial charge in [-0.05, 0) is 63.3 Å². The molecule has 2 aliphatic heterocycles. The summed E-state index contributed by atoms with van der Waals surface area (Å²) in [5.74, 6) is 0.276. The molecule has 28 heavy (non-hydrogen) atoms. The average molecular weight is 411 g/mol. The van der Waals surface area contributed by atoms with E-state index in [0.717, 1.165) is 25.0 Å². The van der Waals surface area contributed by atoms with Crippen LogP contribution < -0.4 is 10.1 Å². The first-order valence-corrected chi connectivity index (χ1v) is 11.5. The van der Waals surface area contributed by atoms with Crippen LogP contribution in [-0.4, -0.2) is 57.6 Å². The average Bonchev–Trinajstić information content (AvgIpc) is 3.21. The smallest absolute Gasteiger partial charge is 0.243 e. The number of hydrogen-bond donors (Lipinski definition) is 1. The van der Waals surface area contributed by atoms with Crippen molar-refractivity contribution in [3.63, 3.8) is 0 Å². The predicted molar refractivity (Wildman–Crippen MR) is 106 cm³/mol. The maximum atomic E-state index is 13.1. The molecule has 2 heterocycles. The first kappa shape index (κ1) is 21.1. The van der Waals surface area contributed by atoms with Crippen LogP contribution >= 0.6 is 0 Å². The molecule has 1 aromatic rings. The zero-order chi connectivity index (χ0) is 20.1. The zero-order valence-corrected chi connectivity index (χ0v) is 17.5. The Morgan fingerprint density at radius 3 is 2.82 bits per heavy atom. The van der Waals surface area contributed by atoms with Gasteiger partial charge in [-0.3, -0.25) is 4.79 Å². The molecule has 2 atom stereocenters. The molecule has 0 aliphatic carbocycles. The number of sulfonamides is 1. The van der Waals surface area contributed by atoms with Crippen molar-refractivity contribution in [2.24, 2.45) is 5.92 Å². The molecule has 0 saturated carbocycles. The van der Waals surface area contributed by atoms with Gasteiger partial charge in [-0.2, -0.15) is 4.31 Å². The predicted octanol–water partition coefficient (Wildman–Crippen LogP) is 2.09. The topological polar surface area (TPSA) is 84.9 Å². The molecule has 0 bridgehead atoms. The van der Waals surface area contributed by atoms with Gasteiger partial charge in [-0.25, -0.2) is 8.42 Å². The molecule has 2 fully saturated rings. The summed E-state index contributed by atoms with van der Waals surface area (Å²) in [7, 11) is -3.64. The largest absolute Gasteiger partial charge is 0.494 e. The first-order valence-electron chi connectivity index (χ1n) is 10.0. The van der Waals surface area contributed by atoms with Crippen molar-refractivity contribution in [3.05, 3.63) is 23.8 Å². The van der Waals surface area contributed by atoms with Crippen molar-refractivity contribution in [3.8, 4) is 5.75 Å². The van der Waals surface area contributed by atoms with Gasteiger partial charge in [0.1, 0.15) is 5.75 Å². The van der Waals surface area contributed by atoms with Crippen LogP contribution in [0.25, 0.3) is 0 Å². The number of rotatable bonds is 7. The van der Waals surface area contributed by atoms with Crippen LogP contribution in [0.15, 0.2) is 23.1 Å². The number of benzene rings is 1. The van der Waals surface area contributed by atoms with Crippen molar-refractivity contribution < 1.29 is 22.7 Å². The molecule has 0 unspecified atom stereocenters. The van der Waals surface area contributed by atoms with Gasteiger partial charge in [-0.1, -0.05) is 0 Å². The summed E-state index contributed by atoms with van der Waals surface area (Å²) in [6.45, 7) is 6.15. The van der Waals surface area contributed by atoms with Crippen LogP contribution in [-0.2, 0) is 19.6 Å². The minimum atomic E-state index is -3.64. The van der Waals surface area contributed by atoms with E-state index in [2.05, 4.69) is 5.32 Å². The molecule has 0 radical (unpaired) electrons. The van der Waals surface area contributed by atoms with Crippen LogP contribution in [0.3, 0.4) is 0 Å². The Labute approximate surface area is 167 Å². The summed E-state index contributed by atoms with van der Waals surface area (Å²) < 4.78 is 38.6. The summed E-state index contributed by atoms with van der Waals surface area (Å²) in [6.07, 6.45) is 3.44. The third-order valence-corrected chi connectivity index (χ3v) is 7.23. The number of nitrogens with one attached hydrogen (secondary N) is 1. The molecule has 156 valence electrons. The Hall–Kier alpha value is -1.64. The summed E-state index contributed by atoms with van der Waals surface area (Å²) in [5, 5.41) is 2.93. The Balaban J connectivity index is 1.65. The highest BCUT2D eigenvalue weighted by atomic mass is 32.2. The molecular formula is C20H30N2O5S. The van der Waals surface area contributed by atoms with E-state index >= 15 is 0 Å². The monoisotopic (exact) mass is 410 g/mol. The third kappa shape index (κ3) is 4.85. The van der Waals surface area contributed by atoms with Gasteiger partial charge in [0.15, 0.2) is 0 Å². The van der Waals surface area contributed by atoms with E-state index in [1.165, 1.54) is 4.31 Å². The van der Waals surface area contributed by atoms with Gasteiger partial charge in [0, 0.05) is 26.2 Å². The molecule has 2 saturated heterocycles. The van der Waals surface area contributed by atoms with Crippen molar-refractivity contribution in [1.82, 2.24) is 9.62 Å². The second-order valence-corrected chi connectivity index (χ2v) is 9.38. The van der Waals surface area contributed by atoms with Gasteiger partial charge >= 0.3 is 0 Å². The summed E-state index contributed by atoms with van der Waals surface area (Å²) >= 11 is 0. The molecule has 3 rings (SSSR count). The highest BCUT2D eigenvalue weighted by Crippen LogP contribution is 2.27. The second kappa shape index (κ2) is 9.24. The van der Waals surface area contributed by atoms with E-state index in [1.54, 1.807) is 18.2 Å². The van der Waals surface area contributed by atoms with Crippen molar-refractivity contribution in [1.29, 1.82) is 0 Å². The number of piperidine rings is 1. The van der Waals surface area contributed by atoms with E-state index in [-0.39, 0.29) is 29.4 Å². The molecular weight excluding hydrogens is 380 g/mol. The molecule has 1 N–H and O–H groups in total. The maximum absolute atomic E-state index is 13.1. The standard InChI is InChI=1S/C20H30N2O5S/c1-3-26-19-9-8-18(12-15(19)2)28(24,25)22-10-4-6-16(14-22)20(23)21-13-17-7-5-11-27-17/h8-9,12,16-17H,3-7,10-11,13-14H2,1-2H3,(H,21,23)/t16-,17-/m0/s1. The lowest BCUT2D eigenvalue weighted by Crippen LogP contribution is -2.46. The number of nitrogens with zero attached hydrogens (tertiary/aromatic N) is 1. The van der Waals surface area contributed by atoms with Crippen LogP contribution in [0.1, 0.15) is 38.2 Å². The van der Waals surface area contributed by atoms with Crippen LogP contribution in [0.2, 0.25) is 0 Å². The summed E-state index contributed by atoms with van der Waals surface area (Å²) in [5.41, 5.74) is 0.783. The highest BCUT2D eigenvalue weighted by molar-refractivity contribution is 7.89. The minimum Gasteiger partial charge on any atom is -0.494 e. The SMILES string of the molecule is CCOc1ccc(S(=O)(=O)N2CCC[C@H](C(=O)NC[C@@H]3CCCO3)C2)cc1C. The lowest BCUT2D eigenvalue weighted by atomic mass is 9.99. The normalized spacial score (nSPS) is 23.5. The van der Waals surface area contributed by atoms with Crippen molar-refractivity contribution in [2.45, 2.75) is 50.5 Å². The quantitative estimate of drug-likeness (QED) is 0.744. The van der Waals surface area contributed by atoms with Gasteiger partial charge < -0.3 is 14.8 Å². The Morgan fingerprint density at radius 1 is 1.32 bits per heavy atom. The minimum absolute atomic E-state index is 0.0826. The van der Waals surface area contributed by atoms with Gasteiger partial charge in [0.05, 0.1) is 23.5 Å². The molecule has 0 aromatic heterocycles. The first-order chi connectivity index (χ1) is 13.4. The molecule has 0 spiro atoms. The van der Waals surface area contributed by atoms with Crippen LogP contribution in [0, 0.1) is 12.8 Å². The maximum Gasteiger partial charge on any atom is 0.243 e. The highest BCUT2D eigenvalue weighted by Gasteiger charge is 2.33. The molecule has 1 aromatic carbocycles.